The molecule has 1 N–H and O–H groups in total. The molecule has 0 bridgehead atoms. The van der Waals surface area contributed by atoms with Gasteiger partial charge in [-0.05, 0) is 30.5 Å². The van der Waals surface area contributed by atoms with Gasteiger partial charge in [-0.15, -0.1) is 0 Å². The number of carbonyl (C=O) groups is 1. The summed E-state index contributed by atoms with van der Waals surface area (Å²) in [7, 11) is 0. The first-order valence-corrected chi connectivity index (χ1v) is 4.66. The van der Waals surface area contributed by atoms with Gasteiger partial charge in [0.15, 0.2) is 0 Å². The number of rotatable bonds is 1. The van der Waals surface area contributed by atoms with Crippen molar-refractivity contribution >= 4 is 5.91 Å². The molecule has 72 valence electrons. The van der Waals surface area contributed by atoms with Gasteiger partial charge in [-0.1, -0.05) is 6.58 Å². The first-order chi connectivity index (χ1) is 6.77. The largest absolute Gasteiger partial charge is 0.330 e. The molecule has 2 rings (SSSR count). The van der Waals surface area contributed by atoms with Crippen LogP contribution in [-0.4, -0.2) is 10.9 Å². The molecule has 0 aromatic carbocycles. The van der Waals surface area contributed by atoms with Crippen molar-refractivity contribution in [3.63, 3.8) is 0 Å². The summed E-state index contributed by atoms with van der Waals surface area (Å²) in [5, 5.41) is 2.77. The fourth-order valence-corrected chi connectivity index (χ4v) is 1.69. The molecule has 3 heteroatoms. The second-order valence-corrected chi connectivity index (χ2v) is 3.46. The van der Waals surface area contributed by atoms with Gasteiger partial charge in [0.05, 0.1) is 5.92 Å². The van der Waals surface area contributed by atoms with Gasteiger partial charge in [0.25, 0.3) is 0 Å². The third-order valence-corrected chi connectivity index (χ3v) is 2.46. The number of hydrogen-bond acceptors (Lipinski definition) is 2. The monoisotopic (exact) mass is 188 g/mol. The van der Waals surface area contributed by atoms with Crippen LogP contribution in [-0.2, 0) is 4.79 Å². The molecule has 1 aliphatic rings. The second kappa shape index (κ2) is 3.62. The summed E-state index contributed by atoms with van der Waals surface area (Å²) in [5.41, 5.74) is 1.85. The van der Waals surface area contributed by atoms with E-state index in [0.29, 0.717) is 0 Å². The van der Waals surface area contributed by atoms with Crippen LogP contribution in [0, 0.1) is 0 Å². The normalized spacial score (nSPS) is 21.9. The van der Waals surface area contributed by atoms with Crippen molar-refractivity contribution in [3.05, 3.63) is 42.4 Å². The molecule has 1 aromatic rings. The van der Waals surface area contributed by atoms with E-state index in [1.165, 1.54) is 0 Å². The van der Waals surface area contributed by atoms with Gasteiger partial charge in [0.2, 0.25) is 5.91 Å². The van der Waals surface area contributed by atoms with Crippen LogP contribution in [0.25, 0.3) is 0 Å². The summed E-state index contributed by atoms with van der Waals surface area (Å²) in [6, 6.07) is 3.77. The zero-order valence-corrected chi connectivity index (χ0v) is 7.86. The van der Waals surface area contributed by atoms with Gasteiger partial charge in [0.1, 0.15) is 0 Å². The van der Waals surface area contributed by atoms with Gasteiger partial charge < -0.3 is 5.32 Å². The lowest BCUT2D eigenvalue weighted by atomic mass is 9.90. The summed E-state index contributed by atoms with van der Waals surface area (Å²) >= 11 is 0. The Hall–Kier alpha value is -1.64. The highest BCUT2D eigenvalue weighted by Crippen LogP contribution is 2.26. The molecule has 14 heavy (non-hydrogen) atoms. The number of piperidine rings is 1. The quantitative estimate of drug-likeness (QED) is 0.727. The molecule has 3 nitrogen and oxygen atoms in total. The number of nitrogens with zero attached hydrogens (tertiary/aromatic N) is 1. The molecule has 1 aliphatic heterocycles. The number of pyridine rings is 1. The zero-order chi connectivity index (χ0) is 9.97. The van der Waals surface area contributed by atoms with Crippen molar-refractivity contribution in [1.29, 1.82) is 0 Å². The highest BCUT2D eigenvalue weighted by molar-refractivity contribution is 5.85. The number of carbonyl (C=O) groups excluding carboxylic acids is 1. The van der Waals surface area contributed by atoms with Crippen LogP contribution in [0.5, 0.6) is 0 Å². The fourth-order valence-electron chi connectivity index (χ4n) is 1.69. The molecular formula is C11H12N2O. The van der Waals surface area contributed by atoms with Crippen LogP contribution in [0.4, 0.5) is 0 Å². The number of aromatic nitrogens is 1. The molecule has 1 atom stereocenters. The second-order valence-electron chi connectivity index (χ2n) is 3.46. The minimum absolute atomic E-state index is 0.0384. The summed E-state index contributed by atoms with van der Waals surface area (Å²) in [6.07, 6.45) is 5.13. The molecule has 1 aromatic heterocycles. The molecule has 0 aliphatic carbocycles. The maximum absolute atomic E-state index is 11.6. The Kier molecular flexibility index (Phi) is 2.31. The minimum atomic E-state index is -0.0384. The molecule has 0 radical (unpaired) electrons. The number of hydrogen-bond donors (Lipinski definition) is 1. The van der Waals surface area contributed by atoms with E-state index in [2.05, 4.69) is 16.9 Å². The zero-order valence-electron chi connectivity index (χ0n) is 7.86. The smallest absolute Gasteiger partial charge is 0.231 e. The fraction of sp³-hybridized carbons (Fsp3) is 0.273. The predicted molar refractivity (Wildman–Crippen MR) is 53.5 cm³/mol. The maximum Gasteiger partial charge on any atom is 0.231 e. The molecule has 1 amide bonds. The van der Waals surface area contributed by atoms with Crippen LogP contribution in [0.1, 0.15) is 24.3 Å². The van der Waals surface area contributed by atoms with Gasteiger partial charge in [0, 0.05) is 18.1 Å². The Morgan fingerprint density at radius 2 is 2.14 bits per heavy atom. The van der Waals surface area contributed by atoms with Crippen LogP contribution >= 0.6 is 0 Å². The van der Waals surface area contributed by atoms with Gasteiger partial charge in [-0.2, -0.15) is 0 Å². The summed E-state index contributed by atoms with van der Waals surface area (Å²) in [4.78, 5) is 15.5. The third kappa shape index (κ3) is 1.66. The van der Waals surface area contributed by atoms with E-state index in [1.807, 2.05) is 12.1 Å². The summed E-state index contributed by atoms with van der Waals surface area (Å²) < 4.78 is 0. The van der Waals surface area contributed by atoms with Crippen molar-refractivity contribution in [2.24, 2.45) is 0 Å². The lowest BCUT2D eigenvalue weighted by Crippen LogP contribution is -2.33. The third-order valence-electron chi connectivity index (χ3n) is 2.46. The first kappa shape index (κ1) is 8.94. The van der Waals surface area contributed by atoms with Crippen molar-refractivity contribution in [2.45, 2.75) is 18.8 Å². The Morgan fingerprint density at radius 1 is 1.43 bits per heavy atom. The van der Waals surface area contributed by atoms with E-state index in [1.54, 1.807) is 12.4 Å². The average Bonchev–Trinajstić information content (AvgIpc) is 2.19. The van der Waals surface area contributed by atoms with Crippen molar-refractivity contribution in [2.75, 3.05) is 0 Å². The van der Waals surface area contributed by atoms with E-state index in [-0.39, 0.29) is 11.8 Å². The Balaban J connectivity index is 2.20. The molecule has 1 saturated heterocycles. The van der Waals surface area contributed by atoms with Gasteiger partial charge in [-0.25, -0.2) is 0 Å². The topological polar surface area (TPSA) is 42.0 Å². The van der Waals surface area contributed by atoms with Gasteiger partial charge in [-0.3, -0.25) is 9.78 Å². The van der Waals surface area contributed by atoms with Crippen LogP contribution in [0.3, 0.4) is 0 Å². The van der Waals surface area contributed by atoms with Crippen molar-refractivity contribution < 1.29 is 4.79 Å². The highest BCUT2D eigenvalue weighted by atomic mass is 16.1. The van der Waals surface area contributed by atoms with E-state index in [0.717, 1.165) is 24.1 Å². The summed E-state index contributed by atoms with van der Waals surface area (Å²) in [6.45, 7) is 3.75. The summed E-state index contributed by atoms with van der Waals surface area (Å²) in [5.74, 6) is 0.0101. The number of nitrogens with one attached hydrogen (secondary N) is 1. The molecular weight excluding hydrogens is 176 g/mol. The maximum atomic E-state index is 11.6. The Bertz CT molecular complexity index is 359. The molecule has 0 saturated carbocycles. The van der Waals surface area contributed by atoms with E-state index in [4.69, 9.17) is 0 Å². The lowest BCUT2D eigenvalue weighted by molar-refractivity contribution is -0.122. The molecule has 1 fully saturated rings. The first-order valence-electron chi connectivity index (χ1n) is 4.66. The molecule has 1 unspecified atom stereocenters. The highest BCUT2D eigenvalue weighted by Gasteiger charge is 2.24. The molecule has 2 heterocycles. The van der Waals surface area contributed by atoms with Crippen molar-refractivity contribution in [3.8, 4) is 0 Å². The Morgan fingerprint density at radius 3 is 2.79 bits per heavy atom. The lowest BCUT2D eigenvalue weighted by Gasteiger charge is -2.23. The molecule has 0 spiro atoms. The number of allylic oxidation sites excluding steroid dienone is 1. The van der Waals surface area contributed by atoms with E-state index >= 15 is 0 Å². The van der Waals surface area contributed by atoms with Gasteiger partial charge >= 0.3 is 0 Å². The predicted octanol–water partition coefficient (Wildman–Crippen LogP) is 1.59. The standard InChI is InChI=1S/C11H12N2O/c1-8-2-3-10(11(14)13-8)9-4-6-12-7-5-9/h4-7,10H,1-3H2,(H,13,14). The van der Waals surface area contributed by atoms with Crippen molar-refractivity contribution in [1.82, 2.24) is 10.3 Å². The number of amides is 1. The Labute approximate surface area is 82.9 Å². The average molecular weight is 188 g/mol. The van der Waals surface area contributed by atoms with E-state index in [9.17, 15) is 4.79 Å². The van der Waals surface area contributed by atoms with Crippen LogP contribution < -0.4 is 5.32 Å². The van der Waals surface area contributed by atoms with E-state index < -0.39 is 0 Å². The SMILES string of the molecule is C=C1CCC(c2ccncc2)C(=O)N1. The van der Waals surface area contributed by atoms with Crippen LogP contribution in [0.2, 0.25) is 0 Å². The minimum Gasteiger partial charge on any atom is -0.330 e. The van der Waals surface area contributed by atoms with Crippen LogP contribution in [0.15, 0.2) is 36.8 Å².